The quantitative estimate of drug-likeness (QED) is 0.619. The standard InChI is InChI=1S/C7H5F3INO/c1-13-7-5(11)3(6(9)10)2-4(8)12-7/h2,6H,1H3. The Kier molecular flexibility index (Phi) is 3.34. The number of hydrogen-bond donors (Lipinski definition) is 0. The molecule has 1 aromatic rings. The number of ether oxygens (including phenoxy) is 1. The average Bonchev–Trinajstić information content (AvgIpc) is 2.08. The molecule has 2 nitrogen and oxygen atoms in total. The maximum atomic E-state index is 12.6. The van der Waals surface area contributed by atoms with E-state index in [0.717, 1.165) is 0 Å². The van der Waals surface area contributed by atoms with E-state index < -0.39 is 17.9 Å². The van der Waals surface area contributed by atoms with Gasteiger partial charge in [0.25, 0.3) is 6.43 Å². The van der Waals surface area contributed by atoms with Crippen LogP contribution in [-0.4, -0.2) is 12.1 Å². The normalized spacial score (nSPS) is 10.6. The molecule has 0 saturated carbocycles. The molecule has 0 N–H and O–H groups in total. The fraction of sp³-hybridized carbons (Fsp3) is 0.286. The van der Waals surface area contributed by atoms with Crippen molar-refractivity contribution in [1.82, 2.24) is 4.98 Å². The van der Waals surface area contributed by atoms with Gasteiger partial charge in [-0.15, -0.1) is 0 Å². The topological polar surface area (TPSA) is 22.1 Å². The molecule has 0 aliphatic carbocycles. The molecule has 0 aliphatic rings. The molecule has 0 amide bonds. The molecule has 1 aromatic heterocycles. The second-order valence-corrected chi connectivity index (χ2v) is 3.24. The molecule has 0 atom stereocenters. The smallest absolute Gasteiger partial charge is 0.265 e. The highest BCUT2D eigenvalue weighted by Gasteiger charge is 2.17. The largest absolute Gasteiger partial charge is 0.480 e. The van der Waals surface area contributed by atoms with Gasteiger partial charge < -0.3 is 4.74 Å². The van der Waals surface area contributed by atoms with Gasteiger partial charge in [0.15, 0.2) is 0 Å². The number of aromatic nitrogens is 1. The highest BCUT2D eigenvalue weighted by Crippen LogP contribution is 2.29. The monoisotopic (exact) mass is 303 g/mol. The van der Waals surface area contributed by atoms with Crippen molar-refractivity contribution in [3.05, 3.63) is 21.1 Å². The summed E-state index contributed by atoms with van der Waals surface area (Å²) < 4.78 is 41.9. The minimum absolute atomic E-state index is 0.115. The third-order valence-electron chi connectivity index (χ3n) is 1.35. The van der Waals surface area contributed by atoms with E-state index in [-0.39, 0.29) is 9.45 Å². The van der Waals surface area contributed by atoms with Crippen LogP contribution in [0, 0.1) is 9.52 Å². The van der Waals surface area contributed by atoms with Gasteiger partial charge in [0.1, 0.15) is 0 Å². The lowest BCUT2D eigenvalue weighted by Crippen LogP contribution is -1.99. The summed E-state index contributed by atoms with van der Waals surface area (Å²) in [5.41, 5.74) is -0.398. The van der Waals surface area contributed by atoms with E-state index in [2.05, 4.69) is 9.72 Å². The maximum absolute atomic E-state index is 12.6. The van der Waals surface area contributed by atoms with Crippen molar-refractivity contribution in [3.63, 3.8) is 0 Å². The Hall–Kier alpha value is -0.530. The summed E-state index contributed by atoms with van der Waals surface area (Å²) in [5, 5.41) is 0. The Morgan fingerprint density at radius 2 is 2.15 bits per heavy atom. The first-order valence-electron chi connectivity index (χ1n) is 3.24. The Morgan fingerprint density at radius 1 is 1.54 bits per heavy atom. The number of methoxy groups -OCH3 is 1. The summed E-state index contributed by atoms with van der Waals surface area (Å²) in [6, 6.07) is 0.703. The van der Waals surface area contributed by atoms with Crippen molar-refractivity contribution in [2.24, 2.45) is 0 Å². The summed E-state index contributed by atoms with van der Waals surface area (Å²) in [6.07, 6.45) is -2.72. The van der Waals surface area contributed by atoms with Crippen molar-refractivity contribution in [3.8, 4) is 5.88 Å². The lowest BCUT2D eigenvalue weighted by Gasteiger charge is -2.06. The molecule has 72 valence electrons. The van der Waals surface area contributed by atoms with Gasteiger partial charge in [0.2, 0.25) is 11.8 Å². The summed E-state index contributed by atoms with van der Waals surface area (Å²) >= 11 is 1.64. The molecule has 6 heteroatoms. The van der Waals surface area contributed by atoms with Gasteiger partial charge in [-0.2, -0.15) is 9.37 Å². The zero-order valence-corrected chi connectivity index (χ0v) is 8.68. The fourth-order valence-electron chi connectivity index (χ4n) is 0.788. The molecule has 1 heterocycles. The highest BCUT2D eigenvalue weighted by atomic mass is 127. The minimum atomic E-state index is -2.72. The first kappa shape index (κ1) is 10.6. The predicted molar refractivity (Wildman–Crippen MR) is 48.4 cm³/mol. The molecule has 1 rings (SSSR count). The van der Waals surface area contributed by atoms with Crippen molar-refractivity contribution < 1.29 is 17.9 Å². The molecule has 0 fully saturated rings. The first-order chi connectivity index (χ1) is 6.06. The SMILES string of the molecule is COc1nc(F)cc(C(F)F)c1I. The van der Waals surface area contributed by atoms with E-state index >= 15 is 0 Å². The van der Waals surface area contributed by atoms with E-state index in [1.807, 2.05) is 0 Å². The molecule has 0 aromatic carbocycles. The number of hydrogen-bond acceptors (Lipinski definition) is 2. The van der Waals surface area contributed by atoms with Gasteiger partial charge >= 0.3 is 0 Å². The van der Waals surface area contributed by atoms with E-state index in [4.69, 9.17) is 0 Å². The van der Waals surface area contributed by atoms with Gasteiger partial charge in [-0.25, -0.2) is 8.78 Å². The Morgan fingerprint density at radius 3 is 2.62 bits per heavy atom. The second kappa shape index (κ2) is 4.12. The Bertz CT molecular complexity index is 319. The molecular formula is C7H5F3INO. The van der Waals surface area contributed by atoms with Crippen LogP contribution in [0.5, 0.6) is 5.88 Å². The molecule has 0 saturated heterocycles. The zero-order chi connectivity index (χ0) is 10.0. The number of rotatable bonds is 2. The first-order valence-corrected chi connectivity index (χ1v) is 4.32. The lowest BCUT2D eigenvalue weighted by molar-refractivity contribution is 0.149. The number of pyridine rings is 1. The van der Waals surface area contributed by atoms with Crippen molar-refractivity contribution in [1.29, 1.82) is 0 Å². The van der Waals surface area contributed by atoms with Gasteiger partial charge in [0.05, 0.1) is 10.7 Å². The van der Waals surface area contributed by atoms with Crippen LogP contribution in [0.15, 0.2) is 6.07 Å². The van der Waals surface area contributed by atoms with Gasteiger partial charge in [-0.1, -0.05) is 0 Å². The third-order valence-corrected chi connectivity index (χ3v) is 2.44. The lowest BCUT2D eigenvalue weighted by atomic mass is 10.3. The van der Waals surface area contributed by atoms with E-state index in [1.165, 1.54) is 7.11 Å². The van der Waals surface area contributed by atoms with Gasteiger partial charge in [-0.05, 0) is 22.6 Å². The molecule has 13 heavy (non-hydrogen) atoms. The van der Waals surface area contributed by atoms with Gasteiger partial charge in [0, 0.05) is 11.6 Å². The molecule has 0 unspecified atom stereocenters. The fourth-order valence-corrected chi connectivity index (χ4v) is 1.52. The maximum Gasteiger partial charge on any atom is 0.265 e. The van der Waals surface area contributed by atoms with Crippen LogP contribution in [0.3, 0.4) is 0 Å². The molecule has 0 aliphatic heterocycles. The predicted octanol–water partition coefficient (Wildman–Crippen LogP) is 2.77. The van der Waals surface area contributed by atoms with Crippen LogP contribution in [0.2, 0.25) is 0 Å². The van der Waals surface area contributed by atoms with Crippen LogP contribution in [0.4, 0.5) is 13.2 Å². The summed E-state index contributed by atoms with van der Waals surface area (Å²) in [5.74, 6) is -1.08. The highest BCUT2D eigenvalue weighted by molar-refractivity contribution is 14.1. The number of alkyl halides is 2. The van der Waals surface area contributed by atoms with Crippen molar-refractivity contribution in [2.45, 2.75) is 6.43 Å². The summed E-state index contributed by atoms with van der Waals surface area (Å²) in [6.45, 7) is 0. The Labute approximate surface area is 86.3 Å². The number of nitrogens with zero attached hydrogens (tertiary/aromatic N) is 1. The zero-order valence-electron chi connectivity index (χ0n) is 6.52. The van der Waals surface area contributed by atoms with E-state index in [9.17, 15) is 13.2 Å². The van der Waals surface area contributed by atoms with Crippen molar-refractivity contribution >= 4 is 22.6 Å². The van der Waals surface area contributed by atoms with E-state index in [0.29, 0.717) is 6.07 Å². The van der Waals surface area contributed by atoms with Crippen LogP contribution < -0.4 is 4.74 Å². The van der Waals surface area contributed by atoms with Crippen LogP contribution >= 0.6 is 22.6 Å². The minimum Gasteiger partial charge on any atom is -0.480 e. The van der Waals surface area contributed by atoms with Crippen molar-refractivity contribution in [2.75, 3.05) is 7.11 Å². The van der Waals surface area contributed by atoms with Crippen LogP contribution in [0.25, 0.3) is 0 Å². The Balaban J connectivity index is 3.27. The molecule has 0 spiro atoms. The van der Waals surface area contributed by atoms with Crippen LogP contribution in [-0.2, 0) is 0 Å². The summed E-state index contributed by atoms with van der Waals surface area (Å²) in [7, 11) is 1.25. The average molecular weight is 303 g/mol. The molecule has 0 radical (unpaired) electrons. The third kappa shape index (κ3) is 2.23. The van der Waals surface area contributed by atoms with Crippen LogP contribution in [0.1, 0.15) is 12.0 Å². The molecule has 0 bridgehead atoms. The second-order valence-electron chi connectivity index (χ2n) is 2.16. The number of halogens is 4. The molecular weight excluding hydrogens is 298 g/mol. The summed E-state index contributed by atoms with van der Waals surface area (Å²) in [4.78, 5) is 3.30. The van der Waals surface area contributed by atoms with E-state index in [1.54, 1.807) is 22.6 Å². The van der Waals surface area contributed by atoms with Gasteiger partial charge in [-0.3, -0.25) is 0 Å².